The van der Waals surface area contributed by atoms with E-state index in [0.29, 0.717) is 11.6 Å². The highest BCUT2D eigenvalue weighted by molar-refractivity contribution is 6.30. The summed E-state index contributed by atoms with van der Waals surface area (Å²) in [6, 6.07) is 7.50. The molecule has 0 saturated carbocycles. The Hall–Kier alpha value is -1.06. The summed E-state index contributed by atoms with van der Waals surface area (Å²) >= 11 is 5.78. The third-order valence-corrected chi connectivity index (χ3v) is 3.01. The maximum Gasteiger partial charge on any atom is 0.237 e. The van der Waals surface area contributed by atoms with Crippen LogP contribution in [0.4, 0.5) is 0 Å². The van der Waals surface area contributed by atoms with E-state index in [4.69, 9.17) is 11.6 Å². The molecule has 1 aromatic rings. The molecule has 0 radical (unpaired) electrons. The molecule has 1 atom stereocenters. The standard InChI is InChI=1S/C12H15ClN2O/c13-10-5-3-9(4-6-10)8-15-12(16)11-2-1-7-14-11/h3-6,11,14H,1-2,7-8H2,(H,15,16)/t11-/m0/s1. The number of carbonyl (C=O) groups excluding carboxylic acids is 1. The zero-order valence-corrected chi connectivity index (χ0v) is 9.76. The highest BCUT2D eigenvalue weighted by atomic mass is 35.5. The molecule has 1 saturated heterocycles. The molecule has 1 amide bonds. The zero-order valence-electron chi connectivity index (χ0n) is 9.00. The van der Waals surface area contributed by atoms with E-state index in [1.807, 2.05) is 24.3 Å². The summed E-state index contributed by atoms with van der Waals surface area (Å²) in [5.74, 6) is 0.0902. The number of halogens is 1. The van der Waals surface area contributed by atoms with Gasteiger partial charge in [0.1, 0.15) is 0 Å². The molecule has 0 aromatic heterocycles. The molecule has 0 aliphatic carbocycles. The second-order valence-electron chi connectivity index (χ2n) is 3.99. The van der Waals surface area contributed by atoms with Gasteiger partial charge in [-0.2, -0.15) is 0 Å². The lowest BCUT2D eigenvalue weighted by Gasteiger charge is -2.10. The maximum atomic E-state index is 11.7. The third kappa shape index (κ3) is 2.97. The van der Waals surface area contributed by atoms with Crippen molar-refractivity contribution in [2.45, 2.75) is 25.4 Å². The Morgan fingerprint density at radius 2 is 2.19 bits per heavy atom. The van der Waals surface area contributed by atoms with Crippen LogP contribution in [0, 0.1) is 0 Å². The first-order valence-electron chi connectivity index (χ1n) is 5.51. The molecule has 86 valence electrons. The largest absolute Gasteiger partial charge is 0.351 e. The van der Waals surface area contributed by atoms with Crippen LogP contribution >= 0.6 is 11.6 Å². The normalized spacial score (nSPS) is 19.7. The van der Waals surface area contributed by atoms with Crippen molar-refractivity contribution in [2.24, 2.45) is 0 Å². The van der Waals surface area contributed by atoms with Crippen molar-refractivity contribution in [3.05, 3.63) is 34.9 Å². The van der Waals surface area contributed by atoms with Gasteiger partial charge in [-0.15, -0.1) is 0 Å². The van der Waals surface area contributed by atoms with Crippen LogP contribution in [-0.2, 0) is 11.3 Å². The minimum absolute atomic E-state index is 0.00713. The van der Waals surface area contributed by atoms with Crippen molar-refractivity contribution in [3.63, 3.8) is 0 Å². The van der Waals surface area contributed by atoms with Gasteiger partial charge in [0.05, 0.1) is 6.04 Å². The molecule has 1 fully saturated rings. The van der Waals surface area contributed by atoms with Gasteiger partial charge < -0.3 is 10.6 Å². The fraction of sp³-hybridized carbons (Fsp3) is 0.417. The van der Waals surface area contributed by atoms with Gasteiger partial charge in [-0.3, -0.25) is 4.79 Å². The quantitative estimate of drug-likeness (QED) is 0.842. The maximum absolute atomic E-state index is 11.7. The molecule has 3 nitrogen and oxygen atoms in total. The first-order chi connectivity index (χ1) is 7.75. The minimum atomic E-state index is -0.00713. The van der Waals surface area contributed by atoms with E-state index in [1.54, 1.807) is 0 Å². The van der Waals surface area contributed by atoms with Crippen LogP contribution < -0.4 is 10.6 Å². The lowest BCUT2D eigenvalue weighted by atomic mass is 10.2. The molecule has 2 rings (SSSR count). The summed E-state index contributed by atoms with van der Waals surface area (Å²) in [7, 11) is 0. The van der Waals surface area contributed by atoms with Crippen LogP contribution in [0.2, 0.25) is 5.02 Å². The third-order valence-electron chi connectivity index (χ3n) is 2.76. The molecule has 1 aliphatic heterocycles. The predicted molar refractivity (Wildman–Crippen MR) is 64.3 cm³/mol. The van der Waals surface area contributed by atoms with E-state index in [2.05, 4.69) is 10.6 Å². The van der Waals surface area contributed by atoms with E-state index < -0.39 is 0 Å². The Balaban J connectivity index is 1.82. The Labute approximate surface area is 100 Å². The summed E-state index contributed by atoms with van der Waals surface area (Å²) in [5, 5.41) is 6.80. The van der Waals surface area contributed by atoms with Gasteiger partial charge in [0.15, 0.2) is 0 Å². The minimum Gasteiger partial charge on any atom is -0.351 e. The van der Waals surface area contributed by atoms with Crippen LogP contribution in [0.15, 0.2) is 24.3 Å². The van der Waals surface area contributed by atoms with E-state index in [0.717, 1.165) is 24.9 Å². The van der Waals surface area contributed by atoms with Gasteiger partial charge in [0.25, 0.3) is 0 Å². The van der Waals surface area contributed by atoms with E-state index in [1.165, 1.54) is 0 Å². The zero-order chi connectivity index (χ0) is 11.4. The highest BCUT2D eigenvalue weighted by Gasteiger charge is 2.21. The van der Waals surface area contributed by atoms with Crippen molar-refractivity contribution in [2.75, 3.05) is 6.54 Å². The lowest BCUT2D eigenvalue weighted by Crippen LogP contribution is -2.39. The Morgan fingerprint density at radius 3 is 2.81 bits per heavy atom. The first-order valence-corrected chi connectivity index (χ1v) is 5.89. The smallest absolute Gasteiger partial charge is 0.237 e. The molecule has 1 aromatic carbocycles. The van der Waals surface area contributed by atoms with Gasteiger partial charge in [-0.05, 0) is 37.1 Å². The molecule has 0 bridgehead atoms. The molecule has 1 heterocycles. The SMILES string of the molecule is O=C(NCc1ccc(Cl)cc1)[C@@H]1CCCN1. The van der Waals surface area contributed by atoms with Crippen molar-refractivity contribution in [3.8, 4) is 0 Å². The number of hydrogen-bond donors (Lipinski definition) is 2. The van der Waals surface area contributed by atoms with E-state index in [9.17, 15) is 4.79 Å². The monoisotopic (exact) mass is 238 g/mol. The van der Waals surface area contributed by atoms with Crippen LogP contribution in [0.3, 0.4) is 0 Å². The number of rotatable bonds is 3. The number of carbonyl (C=O) groups is 1. The number of hydrogen-bond acceptors (Lipinski definition) is 2. The van der Waals surface area contributed by atoms with Gasteiger partial charge in [-0.1, -0.05) is 23.7 Å². The lowest BCUT2D eigenvalue weighted by molar-refractivity contribution is -0.122. The molecular weight excluding hydrogens is 224 g/mol. The van der Waals surface area contributed by atoms with E-state index in [-0.39, 0.29) is 11.9 Å². The fourth-order valence-corrected chi connectivity index (χ4v) is 1.95. The topological polar surface area (TPSA) is 41.1 Å². The number of nitrogens with one attached hydrogen (secondary N) is 2. The summed E-state index contributed by atoms with van der Waals surface area (Å²) in [5.41, 5.74) is 1.07. The Bertz CT molecular complexity index is 358. The van der Waals surface area contributed by atoms with Crippen molar-refractivity contribution in [1.29, 1.82) is 0 Å². The van der Waals surface area contributed by atoms with Crippen LogP contribution in [0.1, 0.15) is 18.4 Å². The fourth-order valence-electron chi connectivity index (χ4n) is 1.82. The summed E-state index contributed by atoms with van der Waals surface area (Å²) in [4.78, 5) is 11.7. The molecule has 0 spiro atoms. The van der Waals surface area contributed by atoms with Crippen molar-refractivity contribution in [1.82, 2.24) is 10.6 Å². The second-order valence-corrected chi connectivity index (χ2v) is 4.43. The summed E-state index contributed by atoms with van der Waals surface area (Å²) < 4.78 is 0. The second kappa shape index (κ2) is 5.32. The molecule has 16 heavy (non-hydrogen) atoms. The van der Waals surface area contributed by atoms with Crippen molar-refractivity contribution < 1.29 is 4.79 Å². The molecule has 2 N–H and O–H groups in total. The van der Waals surface area contributed by atoms with Gasteiger partial charge in [-0.25, -0.2) is 0 Å². The molecular formula is C12H15ClN2O. The van der Waals surface area contributed by atoms with Crippen molar-refractivity contribution >= 4 is 17.5 Å². The highest BCUT2D eigenvalue weighted by Crippen LogP contribution is 2.09. The van der Waals surface area contributed by atoms with Crippen LogP contribution in [0.5, 0.6) is 0 Å². The van der Waals surface area contributed by atoms with Gasteiger partial charge in [0.2, 0.25) is 5.91 Å². The Kier molecular flexibility index (Phi) is 3.80. The van der Waals surface area contributed by atoms with E-state index >= 15 is 0 Å². The average Bonchev–Trinajstić information content (AvgIpc) is 2.81. The molecule has 0 unspecified atom stereocenters. The van der Waals surface area contributed by atoms with Gasteiger partial charge in [0, 0.05) is 11.6 Å². The van der Waals surface area contributed by atoms with Crippen LogP contribution in [-0.4, -0.2) is 18.5 Å². The predicted octanol–water partition coefficient (Wildman–Crippen LogP) is 1.71. The van der Waals surface area contributed by atoms with Gasteiger partial charge >= 0.3 is 0 Å². The average molecular weight is 239 g/mol. The Morgan fingerprint density at radius 1 is 1.44 bits per heavy atom. The first kappa shape index (κ1) is 11.4. The number of amides is 1. The van der Waals surface area contributed by atoms with Crippen LogP contribution in [0.25, 0.3) is 0 Å². The molecule has 1 aliphatic rings. The summed E-state index contributed by atoms with van der Waals surface area (Å²) in [6.07, 6.45) is 2.02. The number of benzene rings is 1. The summed E-state index contributed by atoms with van der Waals surface area (Å²) in [6.45, 7) is 1.51. The molecule has 4 heteroatoms.